The number of nitro benzene ring substituents is 1. The van der Waals surface area contributed by atoms with Crippen molar-refractivity contribution >= 4 is 17.4 Å². The number of benzene rings is 1. The van der Waals surface area contributed by atoms with Crippen LogP contribution in [0, 0.1) is 10.1 Å². The lowest BCUT2D eigenvalue weighted by atomic mass is 9.94. The molecule has 5 heteroatoms. The number of hydrogen-bond acceptors (Lipinski definition) is 4. The molecule has 0 saturated carbocycles. The van der Waals surface area contributed by atoms with E-state index in [0.29, 0.717) is 6.54 Å². The largest absolute Gasteiger partial charge is 0.329 e. The molecule has 1 aliphatic rings. The molecule has 0 spiro atoms. The van der Waals surface area contributed by atoms with E-state index in [2.05, 4.69) is 0 Å². The third-order valence-electron chi connectivity index (χ3n) is 3.23. The van der Waals surface area contributed by atoms with Crippen LogP contribution in [-0.2, 0) is 6.42 Å². The van der Waals surface area contributed by atoms with E-state index in [1.54, 1.807) is 12.1 Å². The molecule has 1 fully saturated rings. The van der Waals surface area contributed by atoms with Gasteiger partial charge < -0.3 is 5.73 Å². The Labute approximate surface area is 105 Å². The van der Waals surface area contributed by atoms with Gasteiger partial charge in [0.05, 0.1) is 4.92 Å². The van der Waals surface area contributed by atoms with Crippen molar-refractivity contribution in [3.63, 3.8) is 0 Å². The van der Waals surface area contributed by atoms with E-state index in [1.165, 1.54) is 12.2 Å². The first-order chi connectivity index (χ1) is 8.15. The topological polar surface area (TPSA) is 69.2 Å². The monoisotopic (exact) mass is 252 g/mol. The minimum Gasteiger partial charge on any atom is -0.329 e. The molecule has 0 aromatic heterocycles. The number of nitrogens with two attached hydrogens (primary N) is 1. The van der Waals surface area contributed by atoms with Crippen molar-refractivity contribution in [2.45, 2.75) is 24.0 Å². The molecule has 0 amide bonds. The molecule has 2 N–H and O–H groups in total. The molecule has 2 rings (SSSR count). The van der Waals surface area contributed by atoms with Gasteiger partial charge in [-0.15, -0.1) is 0 Å². The first kappa shape index (κ1) is 12.4. The maximum atomic E-state index is 10.6. The van der Waals surface area contributed by atoms with Crippen LogP contribution in [0.1, 0.15) is 18.4 Å². The summed E-state index contributed by atoms with van der Waals surface area (Å²) < 4.78 is 0.149. The van der Waals surface area contributed by atoms with Gasteiger partial charge in [0.1, 0.15) is 0 Å². The highest BCUT2D eigenvalue weighted by Gasteiger charge is 2.33. The van der Waals surface area contributed by atoms with Crippen LogP contribution in [-0.4, -0.2) is 22.0 Å². The van der Waals surface area contributed by atoms with Gasteiger partial charge in [-0.3, -0.25) is 10.1 Å². The van der Waals surface area contributed by atoms with Crippen LogP contribution in [0.2, 0.25) is 0 Å². The van der Waals surface area contributed by atoms with Crippen molar-refractivity contribution in [1.29, 1.82) is 0 Å². The summed E-state index contributed by atoms with van der Waals surface area (Å²) in [7, 11) is 0. The zero-order valence-corrected chi connectivity index (χ0v) is 10.4. The molecule has 0 radical (unpaired) electrons. The molecule has 92 valence electrons. The molecule has 1 atom stereocenters. The smallest absolute Gasteiger partial charge is 0.269 e. The molecule has 0 aliphatic carbocycles. The van der Waals surface area contributed by atoms with E-state index in [4.69, 9.17) is 5.73 Å². The average Bonchev–Trinajstić information content (AvgIpc) is 2.79. The van der Waals surface area contributed by atoms with Crippen molar-refractivity contribution < 1.29 is 4.92 Å². The van der Waals surface area contributed by atoms with E-state index in [-0.39, 0.29) is 15.4 Å². The van der Waals surface area contributed by atoms with Crippen LogP contribution < -0.4 is 5.73 Å². The van der Waals surface area contributed by atoms with Gasteiger partial charge in [-0.2, -0.15) is 11.8 Å². The van der Waals surface area contributed by atoms with Gasteiger partial charge in [0.25, 0.3) is 5.69 Å². The summed E-state index contributed by atoms with van der Waals surface area (Å²) in [4.78, 5) is 10.2. The van der Waals surface area contributed by atoms with E-state index < -0.39 is 0 Å². The SMILES string of the molecule is NCC1(Cc2ccc([N+](=O)[O-])cc2)CCCS1. The standard InChI is InChI=1S/C12H16N2O2S/c13-9-12(6-1-7-17-12)8-10-2-4-11(5-3-10)14(15)16/h2-5H,1,6-9,13H2. The van der Waals surface area contributed by atoms with Crippen molar-refractivity contribution in [3.05, 3.63) is 39.9 Å². The summed E-state index contributed by atoms with van der Waals surface area (Å²) in [6, 6.07) is 6.82. The second-order valence-electron chi connectivity index (χ2n) is 4.44. The summed E-state index contributed by atoms with van der Waals surface area (Å²) in [5.41, 5.74) is 7.15. The number of nitrogens with zero attached hydrogens (tertiary/aromatic N) is 1. The van der Waals surface area contributed by atoms with Gasteiger partial charge in [0, 0.05) is 23.4 Å². The van der Waals surface area contributed by atoms with Gasteiger partial charge in [-0.05, 0) is 30.6 Å². The fourth-order valence-electron chi connectivity index (χ4n) is 2.24. The Kier molecular flexibility index (Phi) is 3.69. The van der Waals surface area contributed by atoms with Crippen LogP contribution in [0.15, 0.2) is 24.3 Å². The lowest BCUT2D eigenvalue weighted by Crippen LogP contribution is -2.34. The van der Waals surface area contributed by atoms with Crippen LogP contribution in [0.4, 0.5) is 5.69 Å². The number of hydrogen-bond donors (Lipinski definition) is 1. The molecule has 1 unspecified atom stereocenters. The first-order valence-corrected chi connectivity index (χ1v) is 6.71. The molecule has 1 aromatic rings. The highest BCUT2D eigenvalue weighted by atomic mass is 32.2. The van der Waals surface area contributed by atoms with Gasteiger partial charge in [-0.1, -0.05) is 12.1 Å². The zero-order chi connectivity index (χ0) is 12.3. The summed E-state index contributed by atoms with van der Waals surface area (Å²) in [6.07, 6.45) is 3.27. The predicted molar refractivity (Wildman–Crippen MR) is 70.3 cm³/mol. The molecule has 1 aromatic carbocycles. The van der Waals surface area contributed by atoms with Gasteiger partial charge in [-0.25, -0.2) is 0 Å². The molecular weight excluding hydrogens is 236 g/mol. The van der Waals surface area contributed by atoms with E-state index in [1.807, 2.05) is 23.9 Å². The third-order valence-corrected chi connectivity index (χ3v) is 4.85. The van der Waals surface area contributed by atoms with E-state index >= 15 is 0 Å². The number of rotatable bonds is 4. The van der Waals surface area contributed by atoms with E-state index in [9.17, 15) is 10.1 Å². The summed E-state index contributed by atoms with van der Waals surface area (Å²) >= 11 is 1.94. The minimum atomic E-state index is -0.368. The van der Waals surface area contributed by atoms with Gasteiger partial charge >= 0.3 is 0 Å². The summed E-state index contributed by atoms with van der Waals surface area (Å²) in [6.45, 7) is 0.675. The van der Waals surface area contributed by atoms with Crippen LogP contribution in [0.25, 0.3) is 0 Å². The normalized spacial score (nSPS) is 23.8. The molecule has 4 nitrogen and oxygen atoms in total. The first-order valence-electron chi connectivity index (χ1n) is 5.73. The van der Waals surface area contributed by atoms with Crippen LogP contribution >= 0.6 is 11.8 Å². The Morgan fingerprint density at radius 2 is 2.12 bits per heavy atom. The molecule has 0 bridgehead atoms. The average molecular weight is 252 g/mol. The number of non-ortho nitro benzene ring substituents is 1. The highest BCUT2D eigenvalue weighted by molar-refractivity contribution is 8.00. The second kappa shape index (κ2) is 5.06. The fourth-order valence-corrected chi connectivity index (χ4v) is 3.63. The molecular formula is C12H16N2O2S. The maximum absolute atomic E-state index is 10.6. The lowest BCUT2D eigenvalue weighted by molar-refractivity contribution is -0.384. The van der Waals surface area contributed by atoms with Crippen molar-refractivity contribution in [1.82, 2.24) is 0 Å². The second-order valence-corrected chi connectivity index (χ2v) is 6.00. The third kappa shape index (κ3) is 2.79. The van der Waals surface area contributed by atoms with Gasteiger partial charge in [0.15, 0.2) is 0 Å². The Morgan fingerprint density at radius 1 is 1.41 bits per heavy atom. The fraction of sp³-hybridized carbons (Fsp3) is 0.500. The summed E-state index contributed by atoms with van der Waals surface area (Å²) in [5.74, 6) is 1.17. The Morgan fingerprint density at radius 3 is 2.59 bits per heavy atom. The molecule has 1 heterocycles. The van der Waals surface area contributed by atoms with Crippen LogP contribution in [0.3, 0.4) is 0 Å². The molecule has 17 heavy (non-hydrogen) atoms. The highest BCUT2D eigenvalue weighted by Crippen LogP contribution is 2.40. The Hall–Kier alpha value is -1.07. The number of nitro groups is 1. The Balaban J connectivity index is 2.10. The maximum Gasteiger partial charge on any atom is 0.269 e. The van der Waals surface area contributed by atoms with Crippen LogP contribution in [0.5, 0.6) is 0 Å². The van der Waals surface area contributed by atoms with E-state index in [0.717, 1.165) is 18.4 Å². The van der Waals surface area contributed by atoms with Gasteiger partial charge in [0.2, 0.25) is 0 Å². The zero-order valence-electron chi connectivity index (χ0n) is 9.59. The molecule has 1 saturated heterocycles. The van der Waals surface area contributed by atoms with Crippen molar-refractivity contribution in [3.8, 4) is 0 Å². The summed E-state index contributed by atoms with van der Waals surface area (Å²) in [5, 5.41) is 10.6. The lowest BCUT2D eigenvalue weighted by Gasteiger charge is -2.26. The van der Waals surface area contributed by atoms with Crippen molar-refractivity contribution in [2.75, 3.05) is 12.3 Å². The predicted octanol–water partition coefficient (Wildman–Crippen LogP) is 2.36. The quantitative estimate of drug-likeness (QED) is 0.659. The Bertz CT molecular complexity index is 399. The molecule has 1 aliphatic heterocycles. The van der Waals surface area contributed by atoms with Crippen molar-refractivity contribution in [2.24, 2.45) is 5.73 Å². The minimum absolute atomic E-state index is 0.148. The number of thioether (sulfide) groups is 1.